The Bertz CT molecular complexity index is 465. The number of carbonyl (C=O) groups excluding carboxylic acids is 1. The van der Waals surface area contributed by atoms with Crippen LogP contribution < -0.4 is 5.32 Å². The van der Waals surface area contributed by atoms with E-state index in [4.69, 9.17) is 0 Å². The molecule has 7 heteroatoms. The van der Waals surface area contributed by atoms with Crippen LogP contribution in [0.2, 0.25) is 0 Å². The largest absolute Gasteiger partial charge is 0.353 e. The first-order valence-electron chi connectivity index (χ1n) is 7.42. The molecule has 110 valence electrons. The van der Waals surface area contributed by atoms with E-state index < -0.39 is 0 Å². The average Bonchev–Trinajstić information content (AvgIpc) is 3.18. The second-order valence-corrected chi connectivity index (χ2v) is 6.89. The molecule has 0 unspecified atom stereocenters. The average molecular weight is 295 g/mol. The zero-order chi connectivity index (χ0) is 13.9. The van der Waals surface area contributed by atoms with Gasteiger partial charge in [-0.2, -0.15) is 0 Å². The van der Waals surface area contributed by atoms with Crippen LogP contribution in [0.25, 0.3) is 0 Å². The van der Waals surface area contributed by atoms with E-state index in [1.165, 1.54) is 24.6 Å². The molecule has 0 aliphatic heterocycles. The van der Waals surface area contributed by atoms with E-state index in [0.29, 0.717) is 17.8 Å². The van der Waals surface area contributed by atoms with Gasteiger partial charge in [-0.3, -0.25) is 4.79 Å². The minimum atomic E-state index is 0.0971. The van der Waals surface area contributed by atoms with Crippen molar-refractivity contribution >= 4 is 17.7 Å². The number of hydrogen-bond donors (Lipinski definition) is 1. The van der Waals surface area contributed by atoms with Gasteiger partial charge in [0, 0.05) is 6.04 Å². The number of thioether (sulfide) groups is 1. The van der Waals surface area contributed by atoms with Crippen molar-refractivity contribution in [3.05, 3.63) is 0 Å². The molecule has 0 aromatic carbocycles. The minimum absolute atomic E-state index is 0.0971. The number of nitrogens with one attached hydrogen (secondary N) is 1. The number of rotatable bonds is 5. The fourth-order valence-corrected chi connectivity index (χ4v) is 3.39. The summed E-state index contributed by atoms with van der Waals surface area (Å²) in [6.07, 6.45) is 6.95. The van der Waals surface area contributed by atoms with Crippen LogP contribution in [0.1, 0.15) is 51.5 Å². The van der Waals surface area contributed by atoms with Gasteiger partial charge in [-0.25, -0.2) is 4.68 Å². The van der Waals surface area contributed by atoms with Crippen LogP contribution in [0.3, 0.4) is 0 Å². The van der Waals surface area contributed by atoms with E-state index in [9.17, 15) is 4.79 Å². The van der Waals surface area contributed by atoms with Gasteiger partial charge in [-0.15, -0.1) is 5.10 Å². The number of amides is 1. The van der Waals surface area contributed by atoms with Crippen molar-refractivity contribution < 1.29 is 4.79 Å². The third kappa shape index (κ3) is 3.50. The first-order valence-corrected chi connectivity index (χ1v) is 8.41. The second-order valence-electron chi connectivity index (χ2n) is 5.95. The second kappa shape index (κ2) is 6.11. The zero-order valence-electron chi connectivity index (χ0n) is 11.8. The molecule has 0 spiro atoms. The van der Waals surface area contributed by atoms with Gasteiger partial charge >= 0.3 is 0 Å². The highest BCUT2D eigenvalue weighted by atomic mass is 32.2. The number of nitrogens with zero attached hydrogens (tertiary/aromatic N) is 4. The fraction of sp³-hybridized carbons (Fsp3) is 0.846. The maximum atomic E-state index is 12.0. The van der Waals surface area contributed by atoms with Crippen LogP contribution in [-0.2, 0) is 4.79 Å². The summed E-state index contributed by atoms with van der Waals surface area (Å²) in [6.45, 7) is 2.28. The molecule has 0 saturated heterocycles. The molecule has 1 amide bonds. The molecule has 2 aliphatic rings. The summed E-state index contributed by atoms with van der Waals surface area (Å²) in [5, 5.41) is 15.6. The molecule has 6 nitrogen and oxygen atoms in total. The van der Waals surface area contributed by atoms with Gasteiger partial charge in [-0.05, 0) is 54.9 Å². The Hall–Kier alpha value is -1.11. The summed E-state index contributed by atoms with van der Waals surface area (Å²) in [7, 11) is 0. The first-order chi connectivity index (χ1) is 9.72. The molecule has 0 atom stereocenters. The van der Waals surface area contributed by atoms with E-state index >= 15 is 0 Å². The molecule has 0 radical (unpaired) electrons. The van der Waals surface area contributed by atoms with Crippen molar-refractivity contribution in [2.45, 2.75) is 62.7 Å². The maximum absolute atomic E-state index is 12.0. The third-order valence-corrected chi connectivity index (χ3v) is 5.00. The van der Waals surface area contributed by atoms with Crippen LogP contribution >= 0.6 is 11.8 Å². The fourth-order valence-electron chi connectivity index (χ4n) is 2.63. The van der Waals surface area contributed by atoms with E-state index in [-0.39, 0.29) is 5.91 Å². The van der Waals surface area contributed by atoms with Crippen LogP contribution in [0, 0.1) is 5.92 Å². The van der Waals surface area contributed by atoms with Gasteiger partial charge in [0.15, 0.2) is 0 Å². The summed E-state index contributed by atoms with van der Waals surface area (Å²) in [6, 6.07) is 0.814. The molecule has 2 fully saturated rings. The molecule has 0 bridgehead atoms. The SMILES string of the molecule is CC1CCC(NC(=O)CSc2nnnn2C2CC2)CC1. The molecule has 1 aromatic heterocycles. The minimum Gasteiger partial charge on any atom is -0.353 e. The number of carbonyl (C=O) groups is 1. The van der Waals surface area contributed by atoms with E-state index in [0.717, 1.165) is 36.8 Å². The zero-order valence-corrected chi connectivity index (χ0v) is 12.6. The van der Waals surface area contributed by atoms with Gasteiger partial charge in [0.25, 0.3) is 0 Å². The van der Waals surface area contributed by atoms with Crippen molar-refractivity contribution in [1.82, 2.24) is 25.5 Å². The predicted octanol–water partition coefficient (Wildman–Crippen LogP) is 1.79. The van der Waals surface area contributed by atoms with Gasteiger partial charge in [0.05, 0.1) is 11.8 Å². The van der Waals surface area contributed by atoms with Crippen LogP contribution in [0.4, 0.5) is 0 Å². The highest BCUT2D eigenvalue weighted by molar-refractivity contribution is 7.99. The summed E-state index contributed by atoms with van der Waals surface area (Å²) in [5.41, 5.74) is 0. The lowest BCUT2D eigenvalue weighted by Crippen LogP contribution is -2.38. The Morgan fingerprint density at radius 1 is 1.30 bits per heavy atom. The summed E-state index contributed by atoms with van der Waals surface area (Å²) in [5.74, 6) is 1.31. The Kier molecular flexibility index (Phi) is 4.24. The van der Waals surface area contributed by atoms with E-state index in [1.807, 2.05) is 4.68 Å². The molecule has 3 rings (SSSR count). The highest BCUT2D eigenvalue weighted by Crippen LogP contribution is 2.36. The van der Waals surface area contributed by atoms with Crippen molar-refractivity contribution in [1.29, 1.82) is 0 Å². The molecular formula is C13H21N5OS. The topological polar surface area (TPSA) is 72.7 Å². The Morgan fingerprint density at radius 3 is 2.75 bits per heavy atom. The number of aromatic nitrogens is 4. The maximum Gasteiger partial charge on any atom is 0.230 e. The monoisotopic (exact) mass is 295 g/mol. The molecule has 2 saturated carbocycles. The van der Waals surface area contributed by atoms with Crippen molar-refractivity contribution in [3.63, 3.8) is 0 Å². The van der Waals surface area contributed by atoms with Crippen LogP contribution in [0.15, 0.2) is 5.16 Å². The van der Waals surface area contributed by atoms with Crippen molar-refractivity contribution in [2.24, 2.45) is 5.92 Å². The third-order valence-electron chi connectivity index (χ3n) is 4.07. The Balaban J connectivity index is 1.43. The summed E-state index contributed by atoms with van der Waals surface area (Å²) < 4.78 is 1.85. The van der Waals surface area contributed by atoms with Crippen LogP contribution in [-0.4, -0.2) is 37.9 Å². The van der Waals surface area contributed by atoms with E-state index in [1.54, 1.807) is 0 Å². The molecule has 2 aliphatic carbocycles. The Morgan fingerprint density at radius 2 is 2.05 bits per heavy atom. The highest BCUT2D eigenvalue weighted by Gasteiger charge is 2.28. The smallest absolute Gasteiger partial charge is 0.230 e. The molecular weight excluding hydrogens is 274 g/mol. The van der Waals surface area contributed by atoms with Gasteiger partial charge in [-0.1, -0.05) is 18.7 Å². The van der Waals surface area contributed by atoms with Gasteiger partial charge in [0.2, 0.25) is 11.1 Å². The predicted molar refractivity (Wildman–Crippen MR) is 76.4 cm³/mol. The molecule has 1 N–H and O–H groups in total. The lowest BCUT2D eigenvalue weighted by Gasteiger charge is -2.26. The van der Waals surface area contributed by atoms with E-state index in [2.05, 4.69) is 27.8 Å². The number of hydrogen-bond acceptors (Lipinski definition) is 5. The van der Waals surface area contributed by atoms with Crippen molar-refractivity contribution in [2.75, 3.05) is 5.75 Å². The van der Waals surface area contributed by atoms with Crippen molar-refractivity contribution in [3.8, 4) is 0 Å². The Labute approximate surface area is 123 Å². The lowest BCUT2D eigenvalue weighted by atomic mass is 9.87. The summed E-state index contributed by atoms with van der Waals surface area (Å²) >= 11 is 1.43. The van der Waals surface area contributed by atoms with Gasteiger partial charge in [0.1, 0.15) is 0 Å². The molecule has 1 heterocycles. The summed E-state index contributed by atoms with van der Waals surface area (Å²) in [4.78, 5) is 12.0. The standard InChI is InChI=1S/C13H21N5OS/c1-9-2-4-10(5-3-9)14-12(19)8-20-13-15-16-17-18(13)11-6-7-11/h9-11H,2-8H2,1H3,(H,14,19). The quantitative estimate of drug-likeness (QED) is 0.839. The number of tetrazole rings is 1. The molecule has 1 aromatic rings. The normalized spacial score (nSPS) is 26.4. The lowest BCUT2D eigenvalue weighted by molar-refractivity contribution is -0.119. The molecule has 20 heavy (non-hydrogen) atoms. The van der Waals surface area contributed by atoms with Gasteiger partial charge < -0.3 is 5.32 Å². The van der Waals surface area contributed by atoms with Crippen LogP contribution in [0.5, 0.6) is 0 Å². The first kappa shape index (κ1) is 13.9.